The molecule has 0 aliphatic heterocycles. The van der Waals surface area contributed by atoms with Crippen molar-refractivity contribution in [1.29, 1.82) is 0 Å². The number of aromatic amines is 1. The lowest BCUT2D eigenvalue weighted by Crippen LogP contribution is -2.26. The van der Waals surface area contributed by atoms with Gasteiger partial charge < -0.3 is 9.88 Å². The van der Waals surface area contributed by atoms with Gasteiger partial charge in [-0.25, -0.2) is 9.97 Å². The van der Waals surface area contributed by atoms with E-state index in [4.69, 9.17) is 23.2 Å². The Morgan fingerprint density at radius 3 is 2.89 bits per heavy atom. The second kappa shape index (κ2) is 5.37. The number of hydrogen-bond donors (Lipinski definition) is 1. The third kappa shape index (κ3) is 2.80. The van der Waals surface area contributed by atoms with Crippen molar-refractivity contribution in [1.82, 2.24) is 19.9 Å². The molecule has 1 N–H and O–H groups in total. The molecule has 0 fully saturated rings. The molecule has 2 aromatic rings. The molecule has 18 heavy (non-hydrogen) atoms. The van der Waals surface area contributed by atoms with Gasteiger partial charge in [-0.3, -0.25) is 4.79 Å². The first kappa shape index (κ1) is 12.9. The molecular weight excluding hydrogens is 275 g/mol. The summed E-state index contributed by atoms with van der Waals surface area (Å²) in [5.74, 6) is -0.133. The number of nitrogens with one attached hydrogen (secondary N) is 1. The molecule has 5 nitrogen and oxygen atoms in total. The van der Waals surface area contributed by atoms with Gasteiger partial charge >= 0.3 is 0 Å². The summed E-state index contributed by atoms with van der Waals surface area (Å²) in [6.07, 6.45) is 3.20. The Kier molecular flexibility index (Phi) is 3.84. The van der Waals surface area contributed by atoms with Crippen molar-refractivity contribution in [2.24, 2.45) is 0 Å². The van der Waals surface area contributed by atoms with Gasteiger partial charge in [-0.1, -0.05) is 11.6 Å². The Balaban J connectivity index is 2.11. The number of rotatable bonds is 3. The Bertz CT molecular complexity index is 556. The van der Waals surface area contributed by atoms with Crippen LogP contribution in [0.25, 0.3) is 0 Å². The van der Waals surface area contributed by atoms with Crippen molar-refractivity contribution in [2.75, 3.05) is 7.05 Å². The summed E-state index contributed by atoms with van der Waals surface area (Å²) >= 11 is 11.5. The Hall–Kier alpha value is -1.59. The normalized spacial score (nSPS) is 10.4. The van der Waals surface area contributed by atoms with Crippen LogP contribution in [0, 0.1) is 0 Å². The fraction of sp³-hybridized carbons (Fsp3) is 0.182. The van der Waals surface area contributed by atoms with Gasteiger partial charge in [0.2, 0.25) is 5.28 Å². The molecule has 0 atom stereocenters. The number of hydrogen-bond acceptors (Lipinski definition) is 3. The van der Waals surface area contributed by atoms with Gasteiger partial charge in [0, 0.05) is 25.0 Å². The van der Waals surface area contributed by atoms with E-state index in [1.54, 1.807) is 25.4 Å². The third-order valence-corrected chi connectivity index (χ3v) is 2.87. The summed E-state index contributed by atoms with van der Waals surface area (Å²) in [6, 6.07) is 3.47. The van der Waals surface area contributed by atoms with Gasteiger partial charge in [-0.05, 0) is 23.7 Å². The first-order valence-corrected chi connectivity index (χ1v) is 5.89. The summed E-state index contributed by atoms with van der Waals surface area (Å²) in [4.78, 5) is 24.0. The topological polar surface area (TPSA) is 61.9 Å². The largest absolute Gasteiger partial charge is 0.357 e. The minimum atomic E-state index is -0.133. The van der Waals surface area contributed by atoms with Gasteiger partial charge in [0.05, 0.1) is 6.54 Å². The molecule has 0 aliphatic carbocycles. The van der Waals surface area contributed by atoms with Gasteiger partial charge in [0.1, 0.15) is 10.8 Å². The second-order valence-electron chi connectivity index (χ2n) is 3.70. The van der Waals surface area contributed by atoms with Crippen molar-refractivity contribution in [3.63, 3.8) is 0 Å². The van der Waals surface area contributed by atoms with Crippen LogP contribution in [0.15, 0.2) is 24.5 Å². The molecule has 0 bridgehead atoms. The molecule has 0 aromatic carbocycles. The summed E-state index contributed by atoms with van der Waals surface area (Å²) in [6.45, 7) is 0.313. The smallest absolute Gasteiger partial charge is 0.270 e. The van der Waals surface area contributed by atoms with Crippen LogP contribution in [0.1, 0.15) is 16.1 Å². The van der Waals surface area contributed by atoms with Crippen molar-refractivity contribution in [3.05, 3.63) is 46.2 Å². The van der Waals surface area contributed by atoms with Crippen LogP contribution in [-0.4, -0.2) is 32.8 Å². The van der Waals surface area contributed by atoms with Gasteiger partial charge in [-0.15, -0.1) is 0 Å². The molecule has 2 rings (SSSR count). The van der Waals surface area contributed by atoms with Gasteiger partial charge in [0.15, 0.2) is 0 Å². The summed E-state index contributed by atoms with van der Waals surface area (Å²) in [5, 5.41) is 0.336. The van der Waals surface area contributed by atoms with E-state index in [0.29, 0.717) is 17.8 Å². The number of nitrogens with zero attached hydrogens (tertiary/aromatic N) is 3. The van der Waals surface area contributed by atoms with E-state index >= 15 is 0 Å². The molecule has 0 unspecified atom stereocenters. The van der Waals surface area contributed by atoms with Crippen LogP contribution < -0.4 is 0 Å². The number of amides is 1. The molecule has 0 aliphatic rings. The molecule has 0 saturated heterocycles. The highest BCUT2D eigenvalue weighted by atomic mass is 35.5. The maximum atomic E-state index is 12.0. The lowest BCUT2D eigenvalue weighted by molar-refractivity contribution is 0.0780. The highest BCUT2D eigenvalue weighted by molar-refractivity contribution is 6.32. The van der Waals surface area contributed by atoms with Crippen LogP contribution in [0.2, 0.25) is 10.4 Å². The third-order valence-electron chi connectivity index (χ3n) is 2.36. The zero-order valence-corrected chi connectivity index (χ0v) is 11.0. The maximum absolute atomic E-state index is 12.0. The van der Waals surface area contributed by atoms with Crippen LogP contribution in [-0.2, 0) is 6.54 Å². The van der Waals surface area contributed by atoms with Crippen LogP contribution >= 0.6 is 23.2 Å². The average molecular weight is 285 g/mol. The van der Waals surface area contributed by atoms with Crippen LogP contribution in [0.4, 0.5) is 0 Å². The minimum Gasteiger partial charge on any atom is -0.357 e. The molecular formula is C11H10Cl2N4O. The van der Waals surface area contributed by atoms with Gasteiger partial charge in [0.25, 0.3) is 5.91 Å². The highest BCUT2D eigenvalue weighted by Crippen LogP contribution is 2.16. The Morgan fingerprint density at radius 2 is 2.28 bits per heavy atom. The predicted molar refractivity (Wildman–Crippen MR) is 68.6 cm³/mol. The summed E-state index contributed by atoms with van der Waals surface area (Å²) < 4.78 is 0. The molecule has 0 spiro atoms. The first-order chi connectivity index (χ1) is 8.58. The fourth-order valence-corrected chi connectivity index (χ4v) is 1.83. The molecule has 94 valence electrons. The molecule has 0 saturated carbocycles. The maximum Gasteiger partial charge on any atom is 0.270 e. The van der Waals surface area contributed by atoms with Crippen molar-refractivity contribution in [3.8, 4) is 0 Å². The molecule has 0 radical (unpaired) electrons. The minimum absolute atomic E-state index is 0.0853. The quantitative estimate of drug-likeness (QED) is 0.695. The van der Waals surface area contributed by atoms with Crippen LogP contribution in [0.5, 0.6) is 0 Å². The number of carbonyl (C=O) groups is 1. The van der Waals surface area contributed by atoms with E-state index in [9.17, 15) is 4.79 Å². The van der Waals surface area contributed by atoms with Crippen LogP contribution in [0.3, 0.4) is 0 Å². The summed E-state index contributed by atoms with van der Waals surface area (Å²) in [5.41, 5.74) is 1.16. The number of aromatic nitrogens is 3. The Morgan fingerprint density at radius 1 is 1.50 bits per heavy atom. The standard InChI is InChI=1S/C11H10Cl2N4O/c1-17(10(18)8-3-2-4-14-8)6-7-5-15-11(13)16-9(7)12/h2-5,14H,6H2,1H3. The molecule has 7 heteroatoms. The van der Waals surface area contributed by atoms with Crippen molar-refractivity contribution >= 4 is 29.1 Å². The zero-order valence-electron chi connectivity index (χ0n) is 9.52. The predicted octanol–water partition coefficient (Wildman–Crippen LogP) is 2.38. The monoisotopic (exact) mass is 284 g/mol. The number of halogens is 2. The molecule has 1 amide bonds. The number of carbonyl (C=O) groups excluding carboxylic acids is 1. The average Bonchev–Trinajstić information content (AvgIpc) is 2.85. The zero-order chi connectivity index (χ0) is 13.1. The number of H-pyrrole nitrogens is 1. The Labute approximate surface area is 114 Å². The van der Waals surface area contributed by atoms with Gasteiger partial charge in [-0.2, -0.15) is 0 Å². The second-order valence-corrected chi connectivity index (χ2v) is 4.40. The lowest BCUT2D eigenvalue weighted by Gasteiger charge is -2.16. The van der Waals surface area contributed by atoms with Crippen molar-refractivity contribution in [2.45, 2.75) is 6.54 Å². The first-order valence-electron chi connectivity index (χ1n) is 5.13. The molecule has 2 aromatic heterocycles. The summed E-state index contributed by atoms with van der Waals surface area (Å²) in [7, 11) is 1.67. The fourth-order valence-electron chi connectivity index (χ4n) is 1.47. The van der Waals surface area contributed by atoms with Crippen molar-refractivity contribution < 1.29 is 4.79 Å². The van der Waals surface area contributed by atoms with E-state index in [1.807, 2.05) is 0 Å². The highest BCUT2D eigenvalue weighted by Gasteiger charge is 2.14. The lowest BCUT2D eigenvalue weighted by atomic mass is 10.3. The van der Waals surface area contributed by atoms with E-state index in [1.165, 1.54) is 11.1 Å². The van der Waals surface area contributed by atoms with E-state index in [-0.39, 0.29) is 16.3 Å². The van der Waals surface area contributed by atoms with E-state index < -0.39 is 0 Å². The van der Waals surface area contributed by atoms with E-state index in [0.717, 1.165) is 0 Å². The SMILES string of the molecule is CN(Cc1cnc(Cl)nc1Cl)C(=O)c1ccc[nH]1. The van der Waals surface area contributed by atoms with E-state index in [2.05, 4.69) is 15.0 Å². The molecule has 2 heterocycles.